The molecule has 0 aliphatic carbocycles. The zero-order chi connectivity index (χ0) is 24.1. The van der Waals surface area contributed by atoms with Crippen LogP contribution in [0.1, 0.15) is 41.6 Å². The molecule has 7 nitrogen and oxygen atoms in total. The van der Waals surface area contributed by atoms with Crippen LogP contribution in [0, 0.1) is 12.8 Å². The Balaban J connectivity index is 1.63. The Morgan fingerprint density at radius 3 is 2.58 bits per heavy atom. The number of halogens is 3. The maximum Gasteiger partial charge on any atom is 0.253 e. The molecule has 2 amide bonds. The van der Waals surface area contributed by atoms with Crippen molar-refractivity contribution in [2.45, 2.75) is 32.0 Å². The number of thioether (sulfide) groups is 1. The van der Waals surface area contributed by atoms with Crippen LogP contribution in [0.25, 0.3) is 0 Å². The third-order valence-electron chi connectivity index (χ3n) is 4.78. The smallest absolute Gasteiger partial charge is 0.253 e. The van der Waals surface area contributed by atoms with E-state index in [0.29, 0.717) is 32.3 Å². The standard InChI is InChI=1S/C22H22Cl3N5O2S/c1-11(2)19(27-21(32)14-8-7-13(23)9-16(14)25)20-28-22(30-29-20)33-10-18(31)26-17-6-4-5-15(24)12(17)3/h4-9,11,19H,10H2,1-3H3,(H,26,31)(H,27,32)(H,28,29,30)/t19-/m0/s1. The number of anilines is 1. The molecule has 0 bridgehead atoms. The minimum Gasteiger partial charge on any atom is -0.342 e. The summed E-state index contributed by atoms with van der Waals surface area (Å²) in [7, 11) is 0. The Morgan fingerprint density at radius 2 is 1.88 bits per heavy atom. The SMILES string of the molecule is Cc1c(Cl)cccc1NC(=O)CSc1n[nH]c([C@@H](NC(=O)c2ccc(Cl)cc2Cl)C(C)C)n1. The van der Waals surface area contributed by atoms with Gasteiger partial charge in [0.15, 0.2) is 0 Å². The van der Waals surface area contributed by atoms with Crippen molar-refractivity contribution in [2.75, 3.05) is 11.1 Å². The van der Waals surface area contributed by atoms with E-state index in [1.165, 1.54) is 17.8 Å². The summed E-state index contributed by atoms with van der Waals surface area (Å²) in [4.78, 5) is 29.5. The summed E-state index contributed by atoms with van der Waals surface area (Å²) in [6.45, 7) is 5.74. The number of carbonyl (C=O) groups excluding carboxylic acids is 2. The first-order chi connectivity index (χ1) is 15.7. The summed E-state index contributed by atoms with van der Waals surface area (Å²) in [5.41, 5.74) is 1.77. The molecule has 174 valence electrons. The predicted octanol–water partition coefficient (Wildman–Crippen LogP) is 5.93. The van der Waals surface area contributed by atoms with Crippen LogP contribution in [-0.4, -0.2) is 32.7 Å². The molecule has 0 radical (unpaired) electrons. The average molecular weight is 527 g/mol. The number of H-pyrrole nitrogens is 1. The third-order valence-corrected chi connectivity index (χ3v) is 6.58. The van der Waals surface area contributed by atoms with Crippen molar-refractivity contribution < 1.29 is 9.59 Å². The van der Waals surface area contributed by atoms with E-state index < -0.39 is 6.04 Å². The lowest BCUT2D eigenvalue weighted by Gasteiger charge is -2.20. The van der Waals surface area contributed by atoms with E-state index in [9.17, 15) is 9.59 Å². The molecule has 0 fully saturated rings. The van der Waals surface area contributed by atoms with Crippen LogP contribution in [-0.2, 0) is 4.79 Å². The molecular weight excluding hydrogens is 505 g/mol. The minimum absolute atomic E-state index is 0.0138. The van der Waals surface area contributed by atoms with Gasteiger partial charge in [-0.15, -0.1) is 5.10 Å². The van der Waals surface area contributed by atoms with Crippen LogP contribution < -0.4 is 10.6 Å². The van der Waals surface area contributed by atoms with Crippen molar-refractivity contribution in [1.82, 2.24) is 20.5 Å². The Labute approximate surface area is 211 Å². The number of nitrogens with zero attached hydrogens (tertiary/aromatic N) is 2. The second-order valence-electron chi connectivity index (χ2n) is 7.57. The molecule has 1 heterocycles. The van der Waals surface area contributed by atoms with Crippen molar-refractivity contribution in [3.05, 3.63) is 68.4 Å². The fourth-order valence-corrected chi connectivity index (χ4v) is 4.24. The molecule has 0 unspecified atom stereocenters. The Morgan fingerprint density at radius 1 is 1.12 bits per heavy atom. The highest BCUT2D eigenvalue weighted by molar-refractivity contribution is 7.99. The number of aromatic nitrogens is 3. The van der Waals surface area contributed by atoms with Crippen LogP contribution in [0.3, 0.4) is 0 Å². The first-order valence-corrected chi connectivity index (χ1v) is 12.1. The van der Waals surface area contributed by atoms with Gasteiger partial charge < -0.3 is 10.6 Å². The molecule has 3 aromatic rings. The fourth-order valence-electron chi connectivity index (χ4n) is 2.96. The monoisotopic (exact) mass is 525 g/mol. The number of aromatic amines is 1. The number of amides is 2. The van der Waals surface area contributed by atoms with Crippen LogP contribution in [0.4, 0.5) is 5.69 Å². The van der Waals surface area contributed by atoms with Gasteiger partial charge in [-0.2, -0.15) is 0 Å². The lowest BCUT2D eigenvalue weighted by atomic mass is 10.0. The Hall–Kier alpha value is -2.26. The van der Waals surface area contributed by atoms with Crippen molar-refractivity contribution in [3.8, 4) is 0 Å². The van der Waals surface area contributed by atoms with Gasteiger partial charge in [0, 0.05) is 15.7 Å². The molecular formula is C22H22Cl3N5O2S. The molecule has 0 aliphatic rings. The molecule has 3 rings (SSSR count). The van der Waals surface area contributed by atoms with Gasteiger partial charge in [0.25, 0.3) is 5.91 Å². The highest BCUT2D eigenvalue weighted by Crippen LogP contribution is 2.26. The van der Waals surface area contributed by atoms with E-state index in [1.807, 2.05) is 20.8 Å². The maximum atomic E-state index is 12.7. The highest BCUT2D eigenvalue weighted by atomic mass is 35.5. The molecule has 3 N–H and O–H groups in total. The van der Waals surface area contributed by atoms with Crippen molar-refractivity contribution in [3.63, 3.8) is 0 Å². The van der Waals surface area contributed by atoms with Gasteiger partial charge in [0.1, 0.15) is 5.82 Å². The van der Waals surface area contributed by atoms with Gasteiger partial charge in [0.2, 0.25) is 11.1 Å². The van der Waals surface area contributed by atoms with Crippen molar-refractivity contribution >= 4 is 64.1 Å². The largest absolute Gasteiger partial charge is 0.342 e. The lowest BCUT2D eigenvalue weighted by molar-refractivity contribution is -0.113. The van der Waals surface area contributed by atoms with Crippen LogP contribution in [0.5, 0.6) is 0 Å². The molecule has 0 aliphatic heterocycles. The maximum absolute atomic E-state index is 12.7. The van der Waals surface area contributed by atoms with E-state index >= 15 is 0 Å². The Bertz CT molecular complexity index is 1170. The van der Waals surface area contributed by atoms with Gasteiger partial charge in [0.05, 0.1) is 22.4 Å². The van der Waals surface area contributed by atoms with E-state index in [4.69, 9.17) is 34.8 Å². The normalized spacial score (nSPS) is 12.0. The van der Waals surface area contributed by atoms with Crippen molar-refractivity contribution in [1.29, 1.82) is 0 Å². The fraction of sp³-hybridized carbons (Fsp3) is 0.273. The zero-order valence-electron chi connectivity index (χ0n) is 18.1. The minimum atomic E-state index is -0.436. The predicted molar refractivity (Wildman–Crippen MR) is 133 cm³/mol. The quantitative estimate of drug-likeness (QED) is 0.316. The summed E-state index contributed by atoms with van der Waals surface area (Å²) >= 11 is 19.3. The van der Waals surface area contributed by atoms with Gasteiger partial charge in [-0.25, -0.2) is 4.98 Å². The second-order valence-corrected chi connectivity index (χ2v) is 9.77. The summed E-state index contributed by atoms with van der Waals surface area (Å²) in [5, 5.41) is 14.5. The number of rotatable bonds is 8. The molecule has 11 heteroatoms. The number of nitrogens with one attached hydrogen (secondary N) is 3. The molecule has 2 aromatic carbocycles. The van der Waals surface area contributed by atoms with E-state index in [0.717, 1.165) is 5.56 Å². The number of hydrogen-bond donors (Lipinski definition) is 3. The van der Waals surface area contributed by atoms with E-state index in [2.05, 4.69) is 25.8 Å². The van der Waals surface area contributed by atoms with Crippen LogP contribution >= 0.6 is 46.6 Å². The lowest BCUT2D eigenvalue weighted by Crippen LogP contribution is -2.32. The third kappa shape index (κ3) is 6.63. The summed E-state index contributed by atoms with van der Waals surface area (Å²) in [6, 6.07) is 9.58. The summed E-state index contributed by atoms with van der Waals surface area (Å²) < 4.78 is 0. The molecule has 0 saturated heterocycles. The first kappa shape index (κ1) is 25.4. The first-order valence-electron chi connectivity index (χ1n) is 10.0. The van der Waals surface area contributed by atoms with Crippen LogP contribution in [0.2, 0.25) is 15.1 Å². The zero-order valence-corrected chi connectivity index (χ0v) is 21.2. The molecule has 1 aromatic heterocycles. The van der Waals surface area contributed by atoms with Gasteiger partial charge >= 0.3 is 0 Å². The summed E-state index contributed by atoms with van der Waals surface area (Å²) in [6.07, 6.45) is 0. The Kier molecular flexibility index (Phi) is 8.64. The van der Waals surface area contributed by atoms with Crippen molar-refractivity contribution in [2.24, 2.45) is 5.92 Å². The molecule has 0 spiro atoms. The van der Waals surface area contributed by atoms with Crippen LogP contribution in [0.15, 0.2) is 41.6 Å². The van der Waals surface area contributed by atoms with Gasteiger partial charge in [-0.05, 0) is 48.7 Å². The van der Waals surface area contributed by atoms with Gasteiger partial charge in [-0.3, -0.25) is 14.7 Å². The molecule has 1 atom stereocenters. The highest BCUT2D eigenvalue weighted by Gasteiger charge is 2.24. The molecule has 0 saturated carbocycles. The number of carbonyl (C=O) groups is 2. The molecule has 33 heavy (non-hydrogen) atoms. The second kappa shape index (κ2) is 11.2. The average Bonchev–Trinajstić information content (AvgIpc) is 3.22. The van der Waals surface area contributed by atoms with Gasteiger partial charge in [-0.1, -0.05) is 66.5 Å². The number of hydrogen-bond acceptors (Lipinski definition) is 5. The summed E-state index contributed by atoms with van der Waals surface area (Å²) in [5.74, 6) is 0.0551. The number of benzene rings is 2. The topological polar surface area (TPSA) is 99.8 Å². The van der Waals surface area contributed by atoms with E-state index in [1.54, 1.807) is 30.3 Å². The van der Waals surface area contributed by atoms with E-state index in [-0.39, 0.29) is 28.5 Å².